The molecule has 1 N–H and O–H groups in total. The number of unbranched alkanes of at least 4 members (excludes halogenated alkanes) is 2. The normalized spacial score (nSPS) is 11.0. The highest BCUT2D eigenvalue weighted by atomic mass is 16.5. The Hall–Kier alpha value is -1.06. The van der Waals surface area contributed by atoms with Gasteiger partial charge in [0.2, 0.25) is 0 Å². The Balaban J connectivity index is 2.33. The van der Waals surface area contributed by atoms with Crippen molar-refractivity contribution in [2.45, 2.75) is 46.6 Å². The van der Waals surface area contributed by atoms with Gasteiger partial charge in [-0.3, -0.25) is 0 Å². The van der Waals surface area contributed by atoms with Crippen molar-refractivity contribution in [3.8, 4) is 5.75 Å². The topological polar surface area (TPSA) is 24.5 Å². The lowest BCUT2D eigenvalue weighted by Gasteiger charge is -2.18. The van der Waals surface area contributed by atoms with Crippen LogP contribution in [0.25, 0.3) is 0 Å². The van der Waals surface area contributed by atoms with Crippen LogP contribution in [0, 0.1) is 0 Å². The van der Waals surface area contributed by atoms with E-state index in [4.69, 9.17) is 4.74 Å². The standard InChI is InChI=1S/C18H32N2O/c1-4-7-10-15-21-18-12-9-8-11-17(18)16-19-13-14-20(5-2)6-3/h8-9,11-12,19H,4-7,10,13-16H2,1-3H3. The summed E-state index contributed by atoms with van der Waals surface area (Å²) in [4.78, 5) is 2.43. The van der Waals surface area contributed by atoms with E-state index in [0.29, 0.717) is 0 Å². The third kappa shape index (κ3) is 7.49. The van der Waals surface area contributed by atoms with E-state index in [2.05, 4.69) is 55.3 Å². The summed E-state index contributed by atoms with van der Waals surface area (Å²) in [5, 5.41) is 3.52. The molecule has 0 aromatic heterocycles. The zero-order valence-electron chi connectivity index (χ0n) is 14.0. The second-order valence-electron chi connectivity index (χ2n) is 5.37. The molecule has 0 atom stereocenters. The van der Waals surface area contributed by atoms with Gasteiger partial charge in [0.05, 0.1) is 6.61 Å². The van der Waals surface area contributed by atoms with Crippen LogP contribution in [0.15, 0.2) is 24.3 Å². The third-order valence-corrected chi connectivity index (χ3v) is 3.79. The van der Waals surface area contributed by atoms with Crippen LogP contribution < -0.4 is 10.1 Å². The number of para-hydroxylation sites is 1. The lowest BCUT2D eigenvalue weighted by Crippen LogP contribution is -2.31. The molecule has 1 aromatic carbocycles. The predicted molar refractivity (Wildman–Crippen MR) is 91.0 cm³/mol. The minimum Gasteiger partial charge on any atom is -0.493 e. The van der Waals surface area contributed by atoms with E-state index in [1.54, 1.807) is 0 Å². The van der Waals surface area contributed by atoms with E-state index in [1.165, 1.54) is 18.4 Å². The Bertz CT molecular complexity index is 364. The molecule has 0 fully saturated rings. The lowest BCUT2D eigenvalue weighted by atomic mass is 10.2. The molecule has 3 heteroatoms. The maximum Gasteiger partial charge on any atom is 0.123 e. The first-order chi connectivity index (χ1) is 10.3. The van der Waals surface area contributed by atoms with E-state index in [-0.39, 0.29) is 0 Å². The molecule has 0 saturated carbocycles. The molecular weight excluding hydrogens is 260 g/mol. The van der Waals surface area contributed by atoms with Gasteiger partial charge in [-0.15, -0.1) is 0 Å². The first-order valence-corrected chi connectivity index (χ1v) is 8.45. The molecule has 0 unspecified atom stereocenters. The summed E-state index contributed by atoms with van der Waals surface area (Å²) < 4.78 is 5.91. The minimum atomic E-state index is 0.824. The van der Waals surface area contributed by atoms with Crippen LogP contribution >= 0.6 is 0 Å². The van der Waals surface area contributed by atoms with Crippen molar-refractivity contribution in [1.29, 1.82) is 0 Å². The molecule has 120 valence electrons. The average molecular weight is 292 g/mol. The van der Waals surface area contributed by atoms with Gasteiger partial charge >= 0.3 is 0 Å². The summed E-state index contributed by atoms with van der Waals surface area (Å²) in [6, 6.07) is 8.36. The van der Waals surface area contributed by atoms with Crippen molar-refractivity contribution in [3.05, 3.63) is 29.8 Å². The maximum absolute atomic E-state index is 5.91. The summed E-state index contributed by atoms with van der Waals surface area (Å²) in [5.41, 5.74) is 1.26. The average Bonchev–Trinajstić information content (AvgIpc) is 2.53. The van der Waals surface area contributed by atoms with Crippen molar-refractivity contribution in [2.24, 2.45) is 0 Å². The molecule has 0 amide bonds. The van der Waals surface area contributed by atoms with E-state index < -0.39 is 0 Å². The van der Waals surface area contributed by atoms with E-state index in [9.17, 15) is 0 Å². The summed E-state index contributed by atoms with van der Waals surface area (Å²) >= 11 is 0. The smallest absolute Gasteiger partial charge is 0.123 e. The molecule has 0 aliphatic carbocycles. The number of nitrogens with one attached hydrogen (secondary N) is 1. The van der Waals surface area contributed by atoms with Crippen molar-refractivity contribution in [2.75, 3.05) is 32.8 Å². The van der Waals surface area contributed by atoms with Crippen LogP contribution in [0.5, 0.6) is 5.75 Å². The fourth-order valence-corrected chi connectivity index (χ4v) is 2.32. The molecular formula is C18H32N2O. The number of likely N-dealkylation sites (N-methyl/N-ethyl adjacent to an activating group) is 1. The highest BCUT2D eigenvalue weighted by Gasteiger charge is 2.03. The van der Waals surface area contributed by atoms with Gasteiger partial charge in [0.25, 0.3) is 0 Å². The van der Waals surface area contributed by atoms with Gasteiger partial charge < -0.3 is 15.0 Å². The highest BCUT2D eigenvalue weighted by Crippen LogP contribution is 2.18. The van der Waals surface area contributed by atoms with Crippen LogP contribution in [0.3, 0.4) is 0 Å². The Morgan fingerprint density at radius 2 is 1.81 bits per heavy atom. The van der Waals surface area contributed by atoms with E-state index >= 15 is 0 Å². The van der Waals surface area contributed by atoms with Gasteiger partial charge in [-0.1, -0.05) is 51.8 Å². The van der Waals surface area contributed by atoms with Crippen molar-refractivity contribution in [3.63, 3.8) is 0 Å². The fraction of sp³-hybridized carbons (Fsp3) is 0.667. The van der Waals surface area contributed by atoms with Crippen molar-refractivity contribution < 1.29 is 4.74 Å². The number of nitrogens with zero attached hydrogens (tertiary/aromatic N) is 1. The second kappa shape index (κ2) is 11.6. The molecule has 0 spiro atoms. The quantitative estimate of drug-likeness (QED) is 0.595. The molecule has 1 aromatic rings. The molecule has 21 heavy (non-hydrogen) atoms. The molecule has 0 radical (unpaired) electrons. The molecule has 1 rings (SSSR count). The van der Waals surface area contributed by atoms with Gasteiger partial charge in [0, 0.05) is 25.2 Å². The largest absolute Gasteiger partial charge is 0.493 e. The van der Waals surface area contributed by atoms with Gasteiger partial charge in [-0.25, -0.2) is 0 Å². The second-order valence-corrected chi connectivity index (χ2v) is 5.37. The molecule has 0 bridgehead atoms. The predicted octanol–water partition coefficient (Wildman–Crippen LogP) is 3.69. The number of hydrogen-bond donors (Lipinski definition) is 1. The number of rotatable bonds is 12. The monoisotopic (exact) mass is 292 g/mol. The van der Waals surface area contributed by atoms with Crippen LogP contribution in [0.4, 0.5) is 0 Å². The lowest BCUT2D eigenvalue weighted by molar-refractivity contribution is 0.296. The van der Waals surface area contributed by atoms with Gasteiger partial charge in [0.15, 0.2) is 0 Å². The van der Waals surface area contributed by atoms with Crippen molar-refractivity contribution in [1.82, 2.24) is 10.2 Å². The minimum absolute atomic E-state index is 0.824. The van der Waals surface area contributed by atoms with Crippen LogP contribution in [0.1, 0.15) is 45.6 Å². The zero-order valence-corrected chi connectivity index (χ0v) is 14.0. The Kier molecular flexibility index (Phi) is 9.92. The number of ether oxygens (including phenoxy) is 1. The number of benzene rings is 1. The van der Waals surface area contributed by atoms with E-state index in [0.717, 1.165) is 51.5 Å². The third-order valence-electron chi connectivity index (χ3n) is 3.79. The summed E-state index contributed by atoms with van der Waals surface area (Å²) in [7, 11) is 0. The summed E-state index contributed by atoms with van der Waals surface area (Å²) in [6.07, 6.45) is 3.61. The molecule has 0 heterocycles. The Morgan fingerprint density at radius 3 is 2.52 bits per heavy atom. The number of hydrogen-bond acceptors (Lipinski definition) is 3. The van der Waals surface area contributed by atoms with Crippen LogP contribution in [-0.2, 0) is 6.54 Å². The SMILES string of the molecule is CCCCCOc1ccccc1CNCCN(CC)CC. The summed E-state index contributed by atoms with van der Waals surface area (Å²) in [6.45, 7) is 12.7. The highest BCUT2D eigenvalue weighted by molar-refractivity contribution is 5.33. The molecule has 3 nitrogen and oxygen atoms in total. The Morgan fingerprint density at radius 1 is 1.05 bits per heavy atom. The van der Waals surface area contributed by atoms with Crippen LogP contribution in [0.2, 0.25) is 0 Å². The van der Waals surface area contributed by atoms with Crippen molar-refractivity contribution >= 4 is 0 Å². The fourth-order valence-electron chi connectivity index (χ4n) is 2.32. The maximum atomic E-state index is 5.91. The van der Waals surface area contributed by atoms with Gasteiger partial charge in [-0.2, -0.15) is 0 Å². The summed E-state index contributed by atoms with van der Waals surface area (Å²) in [5.74, 6) is 1.03. The Labute approximate surface area is 130 Å². The van der Waals surface area contributed by atoms with Crippen LogP contribution in [-0.4, -0.2) is 37.7 Å². The first-order valence-electron chi connectivity index (χ1n) is 8.45. The van der Waals surface area contributed by atoms with Gasteiger partial charge in [-0.05, 0) is 25.6 Å². The first kappa shape index (κ1) is 18.0. The molecule has 0 aliphatic rings. The molecule has 0 saturated heterocycles. The van der Waals surface area contributed by atoms with Gasteiger partial charge in [0.1, 0.15) is 5.75 Å². The zero-order chi connectivity index (χ0) is 15.3. The van der Waals surface area contributed by atoms with E-state index in [1.807, 2.05) is 0 Å². The molecule has 0 aliphatic heterocycles.